The van der Waals surface area contributed by atoms with Crippen LogP contribution in [-0.2, 0) is 0 Å². The zero-order valence-corrected chi connectivity index (χ0v) is 13.0. The van der Waals surface area contributed by atoms with E-state index >= 15 is 0 Å². The van der Waals surface area contributed by atoms with Gasteiger partial charge in [-0.05, 0) is 44.0 Å². The molecule has 1 heterocycles. The van der Waals surface area contributed by atoms with Gasteiger partial charge in [0.2, 0.25) is 5.89 Å². The fourth-order valence-electron chi connectivity index (χ4n) is 2.79. The number of nitrogens with zero attached hydrogens (tertiary/aromatic N) is 1. The van der Waals surface area contributed by atoms with Crippen LogP contribution in [0, 0.1) is 5.82 Å². The maximum Gasteiger partial charge on any atom is 0.315 e. The first-order chi connectivity index (χ1) is 11.1. The number of urea groups is 1. The van der Waals surface area contributed by atoms with E-state index < -0.39 is 0 Å². The topological polar surface area (TPSA) is 67.2 Å². The highest BCUT2D eigenvalue weighted by molar-refractivity contribution is 5.74. The van der Waals surface area contributed by atoms with Crippen LogP contribution in [0.15, 0.2) is 34.9 Å². The summed E-state index contributed by atoms with van der Waals surface area (Å²) in [6, 6.07) is 5.72. The number of hydrogen-bond acceptors (Lipinski definition) is 3. The molecule has 122 valence electrons. The van der Waals surface area contributed by atoms with Gasteiger partial charge in [-0.25, -0.2) is 14.2 Å². The van der Waals surface area contributed by atoms with Crippen LogP contribution < -0.4 is 10.6 Å². The van der Waals surface area contributed by atoms with Crippen molar-refractivity contribution in [3.05, 3.63) is 42.2 Å². The number of amides is 2. The first-order valence-electron chi connectivity index (χ1n) is 7.90. The maximum absolute atomic E-state index is 12.9. The summed E-state index contributed by atoms with van der Waals surface area (Å²) in [7, 11) is 0. The van der Waals surface area contributed by atoms with E-state index in [9.17, 15) is 9.18 Å². The summed E-state index contributed by atoms with van der Waals surface area (Å²) in [5.41, 5.74) is 0.743. The van der Waals surface area contributed by atoms with E-state index in [2.05, 4.69) is 15.6 Å². The summed E-state index contributed by atoms with van der Waals surface area (Å²) in [6.07, 6.45) is 5.99. The van der Waals surface area contributed by atoms with Gasteiger partial charge in [-0.2, -0.15) is 0 Å². The van der Waals surface area contributed by atoms with Gasteiger partial charge >= 0.3 is 6.03 Å². The highest BCUT2D eigenvalue weighted by Crippen LogP contribution is 2.23. The van der Waals surface area contributed by atoms with Crippen molar-refractivity contribution in [2.24, 2.45) is 0 Å². The summed E-state index contributed by atoms with van der Waals surface area (Å²) in [5.74, 6) is 0.669. The second-order valence-electron chi connectivity index (χ2n) is 5.89. The van der Waals surface area contributed by atoms with E-state index in [1.165, 1.54) is 25.0 Å². The van der Waals surface area contributed by atoms with Crippen LogP contribution in [0.25, 0.3) is 11.3 Å². The van der Waals surface area contributed by atoms with E-state index in [1.807, 2.05) is 6.92 Å². The van der Waals surface area contributed by atoms with E-state index in [0.29, 0.717) is 11.7 Å². The average molecular weight is 317 g/mol. The van der Waals surface area contributed by atoms with Gasteiger partial charge < -0.3 is 15.1 Å². The smallest absolute Gasteiger partial charge is 0.315 e. The van der Waals surface area contributed by atoms with Crippen LogP contribution in [0.5, 0.6) is 0 Å². The molecule has 1 unspecified atom stereocenters. The zero-order valence-electron chi connectivity index (χ0n) is 13.0. The molecule has 0 saturated heterocycles. The Morgan fingerprint density at radius 2 is 2.00 bits per heavy atom. The van der Waals surface area contributed by atoms with Crippen molar-refractivity contribution in [1.29, 1.82) is 0 Å². The van der Waals surface area contributed by atoms with Gasteiger partial charge in [0, 0.05) is 11.6 Å². The number of carbonyl (C=O) groups is 1. The van der Waals surface area contributed by atoms with Gasteiger partial charge in [-0.1, -0.05) is 12.8 Å². The van der Waals surface area contributed by atoms with E-state index in [-0.39, 0.29) is 23.9 Å². The third-order valence-electron chi connectivity index (χ3n) is 4.06. The predicted octanol–water partition coefficient (Wildman–Crippen LogP) is 3.78. The SMILES string of the molecule is CC(NC(=O)NC1CCCC1)c1ncc(-c2ccc(F)cc2)o1. The van der Waals surface area contributed by atoms with Crippen molar-refractivity contribution in [2.75, 3.05) is 0 Å². The highest BCUT2D eigenvalue weighted by atomic mass is 19.1. The number of benzene rings is 1. The Bertz CT molecular complexity index is 663. The molecule has 1 fully saturated rings. The Hall–Kier alpha value is -2.37. The van der Waals surface area contributed by atoms with Crippen molar-refractivity contribution in [2.45, 2.75) is 44.7 Å². The minimum absolute atomic E-state index is 0.203. The van der Waals surface area contributed by atoms with Crippen LogP contribution in [0.1, 0.15) is 44.5 Å². The molecule has 2 amide bonds. The molecule has 3 rings (SSSR count). The van der Waals surface area contributed by atoms with Crippen LogP contribution in [-0.4, -0.2) is 17.1 Å². The largest absolute Gasteiger partial charge is 0.438 e. The van der Waals surface area contributed by atoms with Crippen LogP contribution in [0.2, 0.25) is 0 Å². The summed E-state index contributed by atoms with van der Waals surface area (Å²) < 4.78 is 18.6. The second-order valence-corrected chi connectivity index (χ2v) is 5.89. The number of oxazole rings is 1. The molecule has 2 aromatic rings. The standard InChI is InChI=1S/C17H20FN3O2/c1-11(20-17(22)21-14-4-2-3-5-14)16-19-10-15(23-16)12-6-8-13(18)9-7-12/h6-11,14H,2-5H2,1H3,(H2,20,21,22). The van der Waals surface area contributed by atoms with Gasteiger partial charge in [0.1, 0.15) is 11.9 Å². The lowest BCUT2D eigenvalue weighted by atomic mass is 10.2. The summed E-state index contributed by atoms with van der Waals surface area (Å²) >= 11 is 0. The molecule has 1 saturated carbocycles. The van der Waals surface area contributed by atoms with Crippen molar-refractivity contribution in [3.63, 3.8) is 0 Å². The third-order valence-corrected chi connectivity index (χ3v) is 4.06. The minimum atomic E-state index is -0.342. The Labute approximate surface area is 134 Å². The third kappa shape index (κ3) is 3.88. The highest BCUT2D eigenvalue weighted by Gasteiger charge is 2.20. The molecule has 0 spiro atoms. The second kappa shape index (κ2) is 6.81. The minimum Gasteiger partial charge on any atom is -0.438 e. The van der Waals surface area contributed by atoms with E-state index in [4.69, 9.17) is 4.42 Å². The zero-order chi connectivity index (χ0) is 16.2. The molecule has 0 radical (unpaired) electrons. The van der Waals surface area contributed by atoms with Gasteiger partial charge in [-0.15, -0.1) is 0 Å². The van der Waals surface area contributed by atoms with E-state index in [1.54, 1.807) is 18.3 Å². The molecular formula is C17H20FN3O2. The van der Waals surface area contributed by atoms with Crippen molar-refractivity contribution < 1.29 is 13.6 Å². The van der Waals surface area contributed by atoms with Crippen LogP contribution in [0.4, 0.5) is 9.18 Å². The number of rotatable bonds is 4. The number of carbonyl (C=O) groups excluding carboxylic acids is 1. The lowest BCUT2D eigenvalue weighted by Gasteiger charge is -2.15. The fraction of sp³-hybridized carbons (Fsp3) is 0.412. The number of nitrogens with one attached hydrogen (secondary N) is 2. The molecule has 1 aromatic heterocycles. The number of hydrogen-bond donors (Lipinski definition) is 2. The van der Waals surface area contributed by atoms with Gasteiger partial charge in [0.15, 0.2) is 5.76 Å². The first kappa shape index (κ1) is 15.5. The van der Waals surface area contributed by atoms with Crippen molar-refractivity contribution in [3.8, 4) is 11.3 Å². The van der Waals surface area contributed by atoms with Gasteiger partial charge in [0.25, 0.3) is 0 Å². The number of halogens is 1. The molecule has 1 aromatic carbocycles. The Kier molecular flexibility index (Phi) is 4.60. The van der Waals surface area contributed by atoms with Gasteiger partial charge in [0.05, 0.1) is 6.20 Å². The number of aromatic nitrogens is 1. The maximum atomic E-state index is 12.9. The van der Waals surface area contributed by atoms with Crippen molar-refractivity contribution in [1.82, 2.24) is 15.6 Å². The fourth-order valence-corrected chi connectivity index (χ4v) is 2.79. The molecule has 23 heavy (non-hydrogen) atoms. The molecule has 2 N–H and O–H groups in total. The lowest BCUT2D eigenvalue weighted by molar-refractivity contribution is 0.232. The monoisotopic (exact) mass is 317 g/mol. The first-order valence-corrected chi connectivity index (χ1v) is 7.90. The van der Waals surface area contributed by atoms with Crippen LogP contribution >= 0.6 is 0 Å². The summed E-state index contributed by atoms with van der Waals surface area (Å²) in [5, 5.41) is 5.79. The normalized spacial score (nSPS) is 16.3. The Morgan fingerprint density at radius 3 is 2.70 bits per heavy atom. The Morgan fingerprint density at radius 1 is 1.30 bits per heavy atom. The molecule has 1 aliphatic carbocycles. The summed E-state index contributed by atoms with van der Waals surface area (Å²) in [6.45, 7) is 1.81. The molecule has 5 nitrogen and oxygen atoms in total. The van der Waals surface area contributed by atoms with E-state index in [0.717, 1.165) is 18.4 Å². The van der Waals surface area contributed by atoms with Crippen LogP contribution in [0.3, 0.4) is 0 Å². The Balaban J connectivity index is 1.60. The van der Waals surface area contributed by atoms with Gasteiger partial charge in [-0.3, -0.25) is 0 Å². The molecule has 1 atom stereocenters. The molecule has 0 aliphatic heterocycles. The predicted molar refractivity (Wildman–Crippen MR) is 84.2 cm³/mol. The average Bonchev–Trinajstić information content (AvgIpc) is 3.19. The summed E-state index contributed by atoms with van der Waals surface area (Å²) in [4.78, 5) is 16.2. The van der Waals surface area contributed by atoms with Crippen molar-refractivity contribution >= 4 is 6.03 Å². The molecular weight excluding hydrogens is 297 g/mol. The molecule has 0 bridgehead atoms. The molecule has 6 heteroatoms. The quantitative estimate of drug-likeness (QED) is 0.901. The lowest BCUT2D eigenvalue weighted by Crippen LogP contribution is -2.41. The molecule has 1 aliphatic rings.